The van der Waals surface area contributed by atoms with E-state index in [-0.39, 0.29) is 36.6 Å². The van der Waals surface area contributed by atoms with Crippen molar-refractivity contribution in [2.45, 2.75) is 32.9 Å². The summed E-state index contributed by atoms with van der Waals surface area (Å²) in [5, 5.41) is 0.595. The Morgan fingerprint density at radius 1 is 1.30 bits per heavy atom. The van der Waals surface area contributed by atoms with Crippen molar-refractivity contribution >= 4 is 27.3 Å². The zero-order chi connectivity index (χ0) is 19.6. The molecule has 6 nitrogen and oxygen atoms in total. The number of furan rings is 1. The molecule has 1 fully saturated rings. The molecule has 1 amide bonds. The Hall–Kier alpha value is -1.99. The number of nitrogens with zero attached hydrogens (tertiary/aromatic N) is 1. The third kappa shape index (κ3) is 5.05. The molecule has 2 heterocycles. The Morgan fingerprint density at radius 2 is 2.07 bits per heavy atom. The quantitative estimate of drug-likeness (QED) is 0.729. The van der Waals surface area contributed by atoms with Crippen LogP contribution in [0.3, 0.4) is 0 Å². The van der Waals surface area contributed by atoms with E-state index in [0.29, 0.717) is 23.0 Å². The maximum Gasteiger partial charge on any atom is 0.261 e. The molecular formula is C19H22ClNO5S. The molecule has 1 saturated heterocycles. The molecular weight excluding hydrogens is 390 g/mol. The van der Waals surface area contributed by atoms with Crippen LogP contribution in [0.4, 0.5) is 0 Å². The van der Waals surface area contributed by atoms with Gasteiger partial charge in [-0.2, -0.15) is 0 Å². The van der Waals surface area contributed by atoms with Gasteiger partial charge in [0.05, 0.1) is 18.1 Å². The Bertz CT molecular complexity index is 937. The van der Waals surface area contributed by atoms with E-state index in [1.807, 2.05) is 19.9 Å². The highest BCUT2D eigenvalue weighted by molar-refractivity contribution is 7.91. The third-order valence-corrected chi connectivity index (χ3v) is 6.57. The standard InChI is InChI=1S/C19H22ClNO5S/c1-13-9-15(20)4-6-18(13)25-11-19(22)21(10-17-5-3-14(2)26-17)16-7-8-27(23,24)12-16/h3-6,9,16H,7-8,10-12H2,1-2H3/t16-/m1/s1. The second kappa shape index (κ2) is 7.94. The number of halogens is 1. The lowest BCUT2D eigenvalue weighted by atomic mass is 10.2. The predicted octanol–water partition coefficient (Wildman–Crippen LogP) is 3.14. The fraction of sp³-hybridized carbons (Fsp3) is 0.421. The summed E-state index contributed by atoms with van der Waals surface area (Å²) in [6, 6.07) is 8.41. The first-order valence-electron chi connectivity index (χ1n) is 8.68. The number of sulfone groups is 1. The van der Waals surface area contributed by atoms with Crippen LogP contribution in [-0.2, 0) is 21.2 Å². The number of ether oxygens (including phenoxy) is 1. The lowest BCUT2D eigenvalue weighted by Gasteiger charge is -2.27. The van der Waals surface area contributed by atoms with Crippen LogP contribution in [0, 0.1) is 13.8 Å². The number of rotatable bonds is 6. The number of hydrogen-bond donors (Lipinski definition) is 0. The van der Waals surface area contributed by atoms with Crippen molar-refractivity contribution in [3.8, 4) is 5.75 Å². The van der Waals surface area contributed by atoms with Gasteiger partial charge in [0, 0.05) is 11.1 Å². The van der Waals surface area contributed by atoms with Crippen molar-refractivity contribution in [2.24, 2.45) is 0 Å². The van der Waals surface area contributed by atoms with Crippen molar-refractivity contribution in [1.82, 2.24) is 4.90 Å². The van der Waals surface area contributed by atoms with E-state index in [4.69, 9.17) is 20.8 Å². The number of benzene rings is 1. The van der Waals surface area contributed by atoms with Gasteiger partial charge in [-0.1, -0.05) is 11.6 Å². The Morgan fingerprint density at radius 3 is 2.67 bits per heavy atom. The summed E-state index contributed by atoms with van der Waals surface area (Å²) in [5.74, 6) is 1.71. The van der Waals surface area contributed by atoms with Crippen molar-refractivity contribution < 1.29 is 22.4 Å². The molecule has 8 heteroatoms. The van der Waals surface area contributed by atoms with Crippen LogP contribution >= 0.6 is 11.6 Å². The SMILES string of the molecule is Cc1ccc(CN(C(=O)COc2ccc(Cl)cc2C)[C@@H]2CCS(=O)(=O)C2)o1. The maximum absolute atomic E-state index is 12.8. The molecule has 2 aromatic rings. The molecule has 0 unspecified atom stereocenters. The van der Waals surface area contributed by atoms with Gasteiger partial charge in [0.1, 0.15) is 17.3 Å². The van der Waals surface area contributed by atoms with Gasteiger partial charge in [0.25, 0.3) is 5.91 Å². The molecule has 0 aliphatic carbocycles. The summed E-state index contributed by atoms with van der Waals surface area (Å²) in [4.78, 5) is 14.4. The van der Waals surface area contributed by atoms with Gasteiger partial charge < -0.3 is 14.1 Å². The van der Waals surface area contributed by atoms with Gasteiger partial charge in [0.2, 0.25) is 0 Å². The molecule has 3 rings (SSSR count). The summed E-state index contributed by atoms with van der Waals surface area (Å²) in [5.41, 5.74) is 0.826. The summed E-state index contributed by atoms with van der Waals surface area (Å²) >= 11 is 5.94. The Kier molecular flexibility index (Phi) is 5.81. The second-order valence-electron chi connectivity index (χ2n) is 6.79. The van der Waals surface area contributed by atoms with Gasteiger partial charge in [-0.15, -0.1) is 0 Å². The van der Waals surface area contributed by atoms with E-state index in [2.05, 4.69) is 0 Å². The minimum absolute atomic E-state index is 0.0294. The highest BCUT2D eigenvalue weighted by atomic mass is 35.5. The van der Waals surface area contributed by atoms with Crippen LogP contribution in [0.25, 0.3) is 0 Å². The molecule has 0 radical (unpaired) electrons. The highest BCUT2D eigenvalue weighted by Gasteiger charge is 2.35. The fourth-order valence-electron chi connectivity index (χ4n) is 3.18. The minimum atomic E-state index is -3.12. The number of carbonyl (C=O) groups excluding carboxylic acids is 1. The predicted molar refractivity (Wildman–Crippen MR) is 103 cm³/mol. The number of carbonyl (C=O) groups is 1. The molecule has 0 N–H and O–H groups in total. The van der Waals surface area contributed by atoms with E-state index >= 15 is 0 Å². The van der Waals surface area contributed by atoms with Crippen molar-refractivity contribution in [3.05, 3.63) is 52.4 Å². The van der Waals surface area contributed by atoms with E-state index in [9.17, 15) is 13.2 Å². The van der Waals surface area contributed by atoms with E-state index in [1.165, 1.54) is 0 Å². The fourth-order valence-corrected chi connectivity index (χ4v) is 5.13. The van der Waals surface area contributed by atoms with Gasteiger partial charge in [-0.3, -0.25) is 4.79 Å². The first kappa shape index (κ1) is 19.8. The summed E-state index contributed by atoms with van der Waals surface area (Å²) < 4.78 is 35.0. The lowest BCUT2D eigenvalue weighted by Crippen LogP contribution is -2.43. The average molecular weight is 412 g/mol. The van der Waals surface area contributed by atoms with Gasteiger partial charge >= 0.3 is 0 Å². The zero-order valence-electron chi connectivity index (χ0n) is 15.3. The number of amides is 1. The molecule has 0 spiro atoms. The molecule has 1 aromatic heterocycles. The van der Waals surface area contributed by atoms with Crippen LogP contribution in [0.15, 0.2) is 34.7 Å². The topological polar surface area (TPSA) is 76.8 Å². The van der Waals surface area contributed by atoms with Crippen LogP contribution in [-0.4, -0.2) is 43.4 Å². The highest BCUT2D eigenvalue weighted by Crippen LogP contribution is 2.24. The number of aryl methyl sites for hydroxylation is 2. The smallest absolute Gasteiger partial charge is 0.261 e. The average Bonchev–Trinajstić information content (AvgIpc) is 3.16. The minimum Gasteiger partial charge on any atom is -0.483 e. The van der Waals surface area contributed by atoms with Crippen LogP contribution in [0.2, 0.25) is 5.02 Å². The first-order valence-corrected chi connectivity index (χ1v) is 10.9. The van der Waals surface area contributed by atoms with Crippen molar-refractivity contribution in [1.29, 1.82) is 0 Å². The zero-order valence-corrected chi connectivity index (χ0v) is 16.8. The Labute approximate surface area is 164 Å². The van der Waals surface area contributed by atoms with E-state index < -0.39 is 9.84 Å². The molecule has 1 aliphatic heterocycles. The van der Waals surface area contributed by atoms with Crippen LogP contribution in [0.5, 0.6) is 5.75 Å². The van der Waals surface area contributed by atoms with Crippen molar-refractivity contribution in [2.75, 3.05) is 18.1 Å². The monoisotopic (exact) mass is 411 g/mol. The molecule has 1 aliphatic rings. The Balaban J connectivity index is 1.73. The van der Waals surface area contributed by atoms with Crippen LogP contribution < -0.4 is 4.74 Å². The largest absolute Gasteiger partial charge is 0.483 e. The second-order valence-corrected chi connectivity index (χ2v) is 9.45. The summed E-state index contributed by atoms with van der Waals surface area (Å²) in [7, 11) is -3.12. The third-order valence-electron chi connectivity index (χ3n) is 4.58. The molecule has 1 atom stereocenters. The summed E-state index contributed by atoms with van der Waals surface area (Å²) in [6.07, 6.45) is 0.424. The normalized spacial score (nSPS) is 18.4. The molecule has 1 aromatic carbocycles. The van der Waals surface area contributed by atoms with Gasteiger partial charge in [0.15, 0.2) is 16.4 Å². The molecule has 27 heavy (non-hydrogen) atoms. The van der Waals surface area contributed by atoms with E-state index in [1.54, 1.807) is 29.2 Å². The number of hydrogen-bond acceptors (Lipinski definition) is 5. The molecule has 0 bridgehead atoms. The molecule has 146 valence electrons. The van der Waals surface area contributed by atoms with Gasteiger partial charge in [-0.05, 0) is 56.2 Å². The van der Waals surface area contributed by atoms with Crippen LogP contribution in [0.1, 0.15) is 23.5 Å². The summed E-state index contributed by atoms with van der Waals surface area (Å²) in [6.45, 7) is 3.70. The van der Waals surface area contributed by atoms with E-state index in [0.717, 1.165) is 11.3 Å². The first-order chi connectivity index (χ1) is 12.7. The lowest BCUT2D eigenvalue weighted by molar-refractivity contribution is -0.136. The van der Waals surface area contributed by atoms with Gasteiger partial charge in [-0.25, -0.2) is 8.42 Å². The van der Waals surface area contributed by atoms with Crippen molar-refractivity contribution in [3.63, 3.8) is 0 Å². The molecule has 0 saturated carbocycles. The maximum atomic E-state index is 12.8.